The largest absolute Gasteiger partial charge is 0.348 e. The zero-order chi connectivity index (χ0) is 9.80. The number of H-pyrrole nitrogens is 1. The van der Waals surface area contributed by atoms with Crippen LogP contribution in [0, 0.1) is 0 Å². The number of nitrogens with two attached hydrogens (primary N) is 1. The van der Waals surface area contributed by atoms with Gasteiger partial charge in [0.15, 0.2) is 0 Å². The molecule has 4 heteroatoms. The van der Waals surface area contributed by atoms with Crippen LogP contribution < -0.4 is 5.73 Å². The van der Waals surface area contributed by atoms with Crippen LogP contribution in [0.25, 0.3) is 0 Å². The van der Waals surface area contributed by atoms with Crippen molar-refractivity contribution in [2.45, 2.75) is 5.92 Å². The minimum absolute atomic E-state index is 0.132. The molecule has 0 aromatic carbocycles. The van der Waals surface area contributed by atoms with Gasteiger partial charge in [0.1, 0.15) is 5.82 Å². The van der Waals surface area contributed by atoms with Gasteiger partial charge in [-0.2, -0.15) is 0 Å². The van der Waals surface area contributed by atoms with Crippen molar-refractivity contribution in [1.82, 2.24) is 15.0 Å². The first-order chi connectivity index (χ1) is 6.92. The maximum absolute atomic E-state index is 5.72. The fraction of sp³-hybridized carbons (Fsp3) is 0.200. The molecule has 0 saturated carbocycles. The highest BCUT2D eigenvalue weighted by Gasteiger charge is 2.13. The summed E-state index contributed by atoms with van der Waals surface area (Å²) >= 11 is 0. The Hall–Kier alpha value is -1.68. The van der Waals surface area contributed by atoms with Crippen molar-refractivity contribution in [1.29, 1.82) is 0 Å². The molecule has 4 nitrogen and oxygen atoms in total. The number of aromatic nitrogens is 3. The first-order valence-electron chi connectivity index (χ1n) is 4.51. The van der Waals surface area contributed by atoms with Crippen LogP contribution in [0.4, 0.5) is 0 Å². The number of nitrogens with one attached hydrogen (secondary N) is 1. The molecule has 2 aromatic heterocycles. The van der Waals surface area contributed by atoms with Gasteiger partial charge in [-0.1, -0.05) is 0 Å². The molecular weight excluding hydrogens is 176 g/mol. The quantitative estimate of drug-likeness (QED) is 0.751. The molecule has 72 valence electrons. The van der Waals surface area contributed by atoms with Crippen LogP contribution in [0.1, 0.15) is 17.3 Å². The Morgan fingerprint density at radius 2 is 2.07 bits per heavy atom. The number of rotatable bonds is 3. The number of aromatic amines is 1. The molecule has 1 atom stereocenters. The van der Waals surface area contributed by atoms with Crippen LogP contribution in [0.3, 0.4) is 0 Å². The number of hydrogen-bond donors (Lipinski definition) is 2. The summed E-state index contributed by atoms with van der Waals surface area (Å²) in [4.78, 5) is 11.3. The number of nitrogens with zero attached hydrogens (tertiary/aromatic N) is 2. The number of pyridine rings is 1. The van der Waals surface area contributed by atoms with E-state index < -0.39 is 0 Å². The summed E-state index contributed by atoms with van der Waals surface area (Å²) in [5.74, 6) is 1.03. The normalized spacial score (nSPS) is 12.6. The predicted molar refractivity (Wildman–Crippen MR) is 53.7 cm³/mol. The lowest BCUT2D eigenvalue weighted by atomic mass is 10.00. The molecular formula is C10H12N4. The van der Waals surface area contributed by atoms with Gasteiger partial charge >= 0.3 is 0 Å². The van der Waals surface area contributed by atoms with Crippen molar-refractivity contribution in [2.24, 2.45) is 5.73 Å². The zero-order valence-corrected chi connectivity index (χ0v) is 7.72. The molecule has 0 aliphatic carbocycles. The van der Waals surface area contributed by atoms with Crippen LogP contribution in [-0.4, -0.2) is 21.5 Å². The van der Waals surface area contributed by atoms with E-state index in [2.05, 4.69) is 15.0 Å². The van der Waals surface area contributed by atoms with E-state index in [4.69, 9.17) is 5.73 Å². The lowest BCUT2D eigenvalue weighted by Crippen LogP contribution is -2.15. The minimum atomic E-state index is 0.132. The van der Waals surface area contributed by atoms with Crippen molar-refractivity contribution in [3.8, 4) is 0 Å². The van der Waals surface area contributed by atoms with Gasteiger partial charge in [-0.15, -0.1) is 0 Å². The van der Waals surface area contributed by atoms with E-state index in [1.54, 1.807) is 24.8 Å². The zero-order valence-electron chi connectivity index (χ0n) is 7.72. The molecule has 2 rings (SSSR count). The summed E-state index contributed by atoms with van der Waals surface area (Å²) in [5, 5.41) is 0. The van der Waals surface area contributed by atoms with E-state index >= 15 is 0 Å². The molecule has 2 heterocycles. The Morgan fingerprint density at radius 1 is 1.29 bits per heavy atom. The average Bonchev–Trinajstić information content (AvgIpc) is 2.74. The molecule has 0 saturated heterocycles. The van der Waals surface area contributed by atoms with Crippen molar-refractivity contribution >= 4 is 0 Å². The van der Waals surface area contributed by atoms with Crippen molar-refractivity contribution in [3.63, 3.8) is 0 Å². The molecule has 0 aliphatic heterocycles. The SMILES string of the molecule is NCC(c1ccncc1)c1ncc[nH]1. The molecule has 0 bridgehead atoms. The van der Waals surface area contributed by atoms with E-state index in [0.29, 0.717) is 6.54 Å². The van der Waals surface area contributed by atoms with Gasteiger partial charge in [0.05, 0.1) is 5.92 Å². The van der Waals surface area contributed by atoms with E-state index in [0.717, 1.165) is 11.4 Å². The molecule has 0 amide bonds. The van der Waals surface area contributed by atoms with Crippen LogP contribution in [0.2, 0.25) is 0 Å². The Bertz CT molecular complexity index is 368. The van der Waals surface area contributed by atoms with Gasteiger partial charge < -0.3 is 10.7 Å². The van der Waals surface area contributed by atoms with Gasteiger partial charge in [0.2, 0.25) is 0 Å². The third kappa shape index (κ3) is 1.65. The second-order valence-electron chi connectivity index (χ2n) is 3.04. The topological polar surface area (TPSA) is 67.6 Å². The average molecular weight is 188 g/mol. The number of imidazole rings is 1. The Kier molecular flexibility index (Phi) is 2.55. The fourth-order valence-corrected chi connectivity index (χ4v) is 1.47. The van der Waals surface area contributed by atoms with E-state index in [9.17, 15) is 0 Å². The van der Waals surface area contributed by atoms with Crippen molar-refractivity contribution in [3.05, 3.63) is 48.3 Å². The molecule has 0 spiro atoms. The van der Waals surface area contributed by atoms with Crippen LogP contribution in [-0.2, 0) is 0 Å². The lowest BCUT2D eigenvalue weighted by molar-refractivity contribution is 0.763. The molecule has 14 heavy (non-hydrogen) atoms. The Morgan fingerprint density at radius 3 is 2.64 bits per heavy atom. The second kappa shape index (κ2) is 4.02. The van der Waals surface area contributed by atoms with Crippen molar-refractivity contribution < 1.29 is 0 Å². The van der Waals surface area contributed by atoms with E-state index in [-0.39, 0.29) is 5.92 Å². The highest BCUT2D eigenvalue weighted by Crippen LogP contribution is 2.18. The summed E-state index contributed by atoms with van der Waals surface area (Å²) in [5.41, 5.74) is 6.85. The monoisotopic (exact) mass is 188 g/mol. The molecule has 0 fully saturated rings. The maximum atomic E-state index is 5.72. The summed E-state index contributed by atoms with van der Waals surface area (Å²) in [6, 6.07) is 3.92. The molecule has 3 N–H and O–H groups in total. The summed E-state index contributed by atoms with van der Waals surface area (Å²) in [7, 11) is 0. The van der Waals surface area contributed by atoms with Crippen molar-refractivity contribution in [2.75, 3.05) is 6.54 Å². The highest BCUT2D eigenvalue weighted by atomic mass is 14.9. The fourth-order valence-electron chi connectivity index (χ4n) is 1.47. The first kappa shape index (κ1) is 8.90. The van der Waals surface area contributed by atoms with Gasteiger partial charge in [-0.05, 0) is 17.7 Å². The molecule has 0 aliphatic rings. The minimum Gasteiger partial charge on any atom is -0.348 e. The third-order valence-corrected chi connectivity index (χ3v) is 2.19. The lowest BCUT2D eigenvalue weighted by Gasteiger charge is -2.11. The van der Waals surface area contributed by atoms with E-state index in [1.165, 1.54) is 0 Å². The Labute approximate surface area is 82.2 Å². The van der Waals surface area contributed by atoms with Gasteiger partial charge in [-0.25, -0.2) is 4.98 Å². The Balaban J connectivity index is 2.31. The van der Waals surface area contributed by atoms with Gasteiger partial charge in [-0.3, -0.25) is 4.98 Å². The highest BCUT2D eigenvalue weighted by molar-refractivity contribution is 5.23. The van der Waals surface area contributed by atoms with Gasteiger partial charge in [0.25, 0.3) is 0 Å². The third-order valence-electron chi connectivity index (χ3n) is 2.19. The molecule has 0 radical (unpaired) electrons. The van der Waals surface area contributed by atoms with Crippen LogP contribution in [0.5, 0.6) is 0 Å². The second-order valence-corrected chi connectivity index (χ2v) is 3.04. The smallest absolute Gasteiger partial charge is 0.114 e. The van der Waals surface area contributed by atoms with Crippen LogP contribution in [0.15, 0.2) is 36.9 Å². The standard InChI is InChI=1S/C10H12N4/c11-7-9(10-13-5-6-14-10)8-1-3-12-4-2-8/h1-6,9H,7,11H2,(H,13,14). The summed E-state index contributed by atoms with van der Waals surface area (Å²) in [6.07, 6.45) is 7.07. The maximum Gasteiger partial charge on any atom is 0.114 e. The summed E-state index contributed by atoms with van der Waals surface area (Å²) in [6.45, 7) is 0.539. The van der Waals surface area contributed by atoms with E-state index in [1.807, 2.05) is 12.1 Å². The van der Waals surface area contributed by atoms with Crippen LogP contribution >= 0.6 is 0 Å². The number of hydrogen-bond acceptors (Lipinski definition) is 3. The molecule has 1 unspecified atom stereocenters. The van der Waals surface area contributed by atoms with Gasteiger partial charge in [0, 0.05) is 31.3 Å². The summed E-state index contributed by atoms with van der Waals surface area (Å²) < 4.78 is 0. The predicted octanol–water partition coefficient (Wildman–Crippen LogP) is 0.895. The first-order valence-corrected chi connectivity index (χ1v) is 4.51. The molecule has 2 aromatic rings.